The van der Waals surface area contributed by atoms with E-state index in [2.05, 4.69) is 20.7 Å². The fourth-order valence-corrected chi connectivity index (χ4v) is 2.44. The van der Waals surface area contributed by atoms with Crippen LogP contribution in [0.15, 0.2) is 28.7 Å². The van der Waals surface area contributed by atoms with Gasteiger partial charge in [-0.1, -0.05) is 45.9 Å². The predicted molar refractivity (Wildman–Crippen MR) is 82.3 cm³/mol. The number of esters is 1. The molecule has 0 aliphatic carbocycles. The lowest BCUT2D eigenvalue weighted by molar-refractivity contribution is -0.109. The fourth-order valence-electron chi connectivity index (χ4n) is 1.39. The Hall–Kier alpha value is -1.07. The fraction of sp³-hybridized carbons (Fsp3) is 0.286. The van der Waals surface area contributed by atoms with Crippen LogP contribution < -0.4 is 0 Å². The minimum absolute atomic E-state index is 0.136. The first kappa shape index (κ1) is 16.0. The highest BCUT2D eigenvalue weighted by Crippen LogP contribution is 2.21. The maximum atomic E-state index is 11.3. The molecule has 3 nitrogen and oxygen atoms in total. The van der Waals surface area contributed by atoms with Crippen molar-refractivity contribution in [2.75, 3.05) is 12.9 Å². The Morgan fingerprint density at radius 3 is 2.74 bits per heavy atom. The van der Waals surface area contributed by atoms with Crippen molar-refractivity contribution in [1.29, 1.82) is 0 Å². The molecule has 0 spiro atoms. The van der Waals surface area contributed by atoms with Crippen LogP contribution in [0.3, 0.4) is 0 Å². The molecule has 0 unspecified atom stereocenters. The van der Waals surface area contributed by atoms with E-state index in [0.29, 0.717) is 5.56 Å². The van der Waals surface area contributed by atoms with Gasteiger partial charge in [0.1, 0.15) is 0 Å². The van der Waals surface area contributed by atoms with E-state index >= 15 is 0 Å². The van der Waals surface area contributed by atoms with Gasteiger partial charge < -0.3 is 4.74 Å². The van der Waals surface area contributed by atoms with Crippen molar-refractivity contribution in [3.8, 4) is 0 Å². The molecule has 1 aromatic rings. The SMILES string of the molecule is COC(=O)c1ccc(C=CCCSC(C)=O)c(Br)c1. The zero-order valence-corrected chi connectivity index (χ0v) is 13.2. The highest BCUT2D eigenvalue weighted by molar-refractivity contribution is 9.10. The van der Waals surface area contributed by atoms with Gasteiger partial charge in [0.15, 0.2) is 5.12 Å². The van der Waals surface area contributed by atoms with Gasteiger partial charge >= 0.3 is 5.97 Å². The molecule has 0 bridgehead atoms. The molecular formula is C14H15BrO3S. The number of halogens is 1. The number of carbonyl (C=O) groups excluding carboxylic acids is 2. The Kier molecular flexibility index (Phi) is 6.87. The third kappa shape index (κ3) is 5.61. The molecule has 0 radical (unpaired) electrons. The summed E-state index contributed by atoms with van der Waals surface area (Å²) in [7, 11) is 1.36. The largest absolute Gasteiger partial charge is 0.465 e. The van der Waals surface area contributed by atoms with E-state index < -0.39 is 0 Å². The summed E-state index contributed by atoms with van der Waals surface area (Å²) in [5.41, 5.74) is 1.50. The van der Waals surface area contributed by atoms with Crippen LogP contribution >= 0.6 is 27.7 Å². The molecule has 0 aliphatic rings. The lowest BCUT2D eigenvalue weighted by Gasteiger charge is -2.02. The number of methoxy groups -OCH3 is 1. The quantitative estimate of drug-likeness (QED) is 0.600. The van der Waals surface area contributed by atoms with E-state index in [1.165, 1.54) is 18.9 Å². The van der Waals surface area contributed by atoms with Crippen LogP contribution in [0, 0.1) is 0 Å². The summed E-state index contributed by atoms with van der Waals surface area (Å²) >= 11 is 4.74. The van der Waals surface area contributed by atoms with Crippen LogP contribution in [0.4, 0.5) is 0 Å². The van der Waals surface area contributed by atoms with Crippen molar-refractivity contribution in [3.63, 3.8) is 0 Å². The number of ether oxygens (including phenoxy) is 1. The molecular weight excluding hydrogens is 328 g/mol. The van der Waals surface area contributed by atoms with Crippen molar-refractivity contribution in [2.45, 2.75) is 13.3 Å². The summed E-state index contributed by atoms with van der Waals surface area (Å²) in [5, 5.41) is 0.136. The summed E-state index contributed by atoms with van der Waals surface area (Å²) in [6.07, 6.45) is 4.80. The summed E-state index contributed by atoms with van der Waals surface area (Å²) in [6.45, 7) is 1.57. The van der Waals surface area contributed by atoms with Crippen LogP contribution in [-0.4, -0.2) is 23.9 Å². The maximum absolute atomic E-state index is 11.3. The van der Waals surface area contributed by atoms with Gasteiger partial charge in [-0.05, 0) is 24.1 Å². The third-order valence-corrected chi connectivity index (χ3v) is 3.84. The smallest absolute Gasteiger partial charge is 0.337 e. The highest BCUT2D eigenvalue weighted by Gasteiger charge is 2.06. The van der Waals surface area contributed by atoms with Crippen LogP contribution in [0.1, 0.15) is 29.3 Å². The summed E-state index contributed by atoms with van der Waals surface area (Å²) < 4.78 is 5.49. The lowest BCUT2D eigenvalue weighted by atomic mass is 10.1. The van der Waals surface area contributed by atoms with E-state index in [1.54, 1.807) is 19.1 Å². The molecule has 0 heterocycles. The molecule has 5 heteroatoms. The van der Waals surface area contributed by atoms with Crippen molar-refractivity contribution in [2.24, 2.45) is 0 Å². The van der Waals surface area contributed by atoms with Gasteiger partial charge in [-0.15, -0.1) is 0 Å². The molecule has 0 saturated heterocycles. The summed E-state index contributed by atoms with van der Waals surface area (Å²) in [5.74, 6) is 0.429. The predicted octanol–water partition coefficient (Wildman–Crippen LogP) is 3.92. The third-order valence-electron chi connectivity index (χ3n) is 2.31. The summed E-state index contributed by atoms with van der Waals surface area (Å²) in [6, 6.07) is 5.31. The first-order chi connectivity index (χ1) is 9.04. The molecule has 19 heavy (non-hydrogen) atoms. The number of rotatable bonds is 5. The van der Waals surface area contributed by atoms with Crippen molar-refractivity contribution in [1.82, 2.24) is 0 Å². The first-order valence-electron chi connectivity index (χ1n) is 5.72. The van der Waals surface area contributed by atoms with Crippen LogP contribution in [-0.2, 0) is 9.53 Å². The van der Waals surface area contributed by atoms with Gasteiger partial charge in [-0.3, -0.25) is 4.79 Å². The second-order valence-corrected chi connectivity index (χ2v) is 5.89. The number of hydrogen-bond donors (Lipinski definition) is 0. The molecule has 0 aliphatic heterocycles. The second kappa shape index (κ2) is 8.17. The van der Waals surface area contributed by atoms with Crippen molar-refractivity contribution in [3.05, 3.63) is 39.9 Å². The number of hydrogen-bond acceptors (Lipinski definition) is 4. The Morgan fingerprint density at radius 1 is 1.42 bits per heavy atom. The normalized spacial score (nSPS) is 10.7. The zero-order chi connectivity index (χ0) is 14.3. The van der Waals surface area contributed by atoms with Gasteiger partial charge in [-0.25, -0.2) is 4.79 Å². The number of carbonyl (C=O) groups is 2. The minimum Gasteiger partial charge on any atom is -0.465 e. The minimum atomic E-state index is -0.353. The van der Waals surface area contributed by atoms with E-state index in [4.69, 9.17) is 0 Å². The van der Waals surface area contributed by atoms with E-state index in [0.717, 1.165) is 22.2 Å². The average Bonchev–Trinajstić information content (AvgIpc) is 2.38. The average molecular weight is 343 g/mol. The number of thioether (sulfide) groups is 1. The van der Waals surface area contributed by atoms with Gasteiger partial charge in [0.05, 0.1) is 12.7 Å². The Labute approximate surface area is 125 Å². The Morgan fingerprint density at radius 2 is 2.16 bits per heavy atom. The monoisotopic (exact) mass is 342 g/mol. The molecule has 0 saturated carbocycles. The zero-order valence-electron chi connectivity index (χ0n) is 10.8. The highest BCUT2D eigenvalue weighted by atomic mass is 79.9. The van der Waals surface area contributed by atoms with Crippen LogP contribution in [0.5, 0.6) is 0 Å². The molecule has 102 valence electrons. The molecule has 1 rings (SSSR count). The topological polar surface area (TPSA) is 43.4 Å². The maximum Gasteiger partial charge on any atom is 0.337 e. The Balaban J connectivity index is 2.62. The molecule has 0 atom stereocenters. The lowest BCUT2D eigenvalue weighted by Crippen LogP contribution is -2.00. The van der Waals surface area contributed by atoms with E-state index in [1.807, 2.05) is 18.2 Å². The van der Waals surface area contributed by atoms with Crippen LogP contribution in [0.2, 0.25) is 0 Å². The van der Waals surface area contributed by atoms with Crippen molar-refractivity contribution >= 4 is 44.9 Å². The molecule has 0 fully saturated rings. The second-order valence-electron chi connectivity index (χ2n) is 3.76. The van der Waals surface area contributed by atoms with Gasteiger partial charge in [0, 0.05) is 17.1 Å². The molecule has 0 amide bonds. The molecule has 0 N–H and O–H groups in total. The van der Waals surface area contributed by atoms with E-state index in [-0.39, 0.29) is 11.1 Å². The number of benzene rings is 1. The van der Waals surface area contributed by atoms with Gasteiger partial charge in [-0.2, -0.15) is 0 Å². The first-order valence-corrected chi connectivity index (χ1v) is 7.50. The standard InChI is InChI=1S/C14H15BrO3S/c1-10(16)19-8-4-3-5-11-6-7-12(9-13(11)15)14(17)18-2/h3,5-7,9H,4,8H2,1-2H3. The summed E-state index contributed by atoms with van der Waals surface area (Å²) in [4.78, 5) is 22.1. The molecule has 0 aromatic heterocycles. The molecule has 1 aromatic carbocycles. The number of allylic oxidation sites excluding steroid dienone is 1. The van der Waals surface area contributed by atoms with Gasteiger partial charge in [0.2, 0.25) is 0 Å². The van der Waals surface area contributed by atoms with Gasteiger partial charge in [0.25, 0.3) is 0 Å². The van der Waals surface area contributed by atoms with Crippen LogP contribution in [0.25, 0.3) is 6.08 Å². The van der Waals surface area contributed by atoms with E-state index in [9.17, 15) is 9.59 Å². The Bertz CT molecular complexity index is 497. The van der Waals surface area contributed by atoms with Crippen molar-refractivity contribution < 1.29 is 14.3 Å².